The topological polar surface area (TPSA) is 45.9 Å². The van der Waals surface area contributed by atoms with E-state index in [1.807, 2.05) is 31.2 Å². The van der Waals surface area contributed by atoms with Crippen molar-refractivity contribution in [3.8, 4) is 11.8 Å². The predicted octanol–water partition coefficient (Wildman–Crippen LogP) is 3.26. The molecule has 86 valence electrons. The molecule has 0 amide bonds. The van der Waals surface area contributed by atoms with Gasteiger partial charge in [0.05, 0.1) is 24.8 Å². The Morgan fingerprint density at radius 2 is 2.24 bits per heavy atom. The van der Waals surface area contributed by atoms with Crippen LogP contribution in [-0.4, -0.2) is 12.1 Å². The zero-order chi connectivity index (χ0) is 12.3. The lowest BCUT2D eigenvalue weighted by molar-refractivity contribution is 0.415. The maximum Gasteiger partial charge on any atom is 0.119 e. The van der Waals surface area contributed by atoms with Crippen molar-refractivity contribution in [2.45, 2.75) is 19.3 Å². The second-order valence-electron chi connectivity index (χ2n) is 3.87. The SMILES string of the molecule is CCC(C#N)c1nccc2cc(OC)ccc12. The number of methoxy groups -OCH3 is 1. The third kappa shape index (κ3) is 2.07. The van der Waals surface area contributed by atoms with Gasteiger partial charge in [-0.3, -0.25) is 4.98 Å². The highest BCUT2D eigenvalue weighted by Gasteiger charge is 2.13. The highest BCUT2D eigenvalue weighted by atomic mass is 16.5. The number of rotatable bonds is 3. The van der Waals surface area contributed by atoms with Crippen molar-refractivity contribution in [2.75, 3.05) is 7.11 Å². The van der Waals surface area contributed by atoms with Gasteiger partial charge in [-0.15, -0.1) is 0 Å². The van der Waals surface area contributed by atoms with Crippen molar-refractivity contribution >= 4 is 10.8 Å². The smallest absolute Gasteiger partial charge is 0.119 e. The molecule has 1 aromatic carbocycles. The molecule has 0 aliphatic carbocycles. The fourth-order valence-electron chi connectivity index (χ4n) is 1.93. The minimum atomic E-state index is -0.146. The number of nitrogens with zero attached hydrogens (tertiary/aromatic N) is 2. The normalized spacial score (nSPS) is 12.1. The quantitative estimate of drug-likeness (QED) is 0.807. The second-order valence-corrected chi connectivity index (χ2v) is 3.87. The largest absolute Gasteiger partial charge is 0.497 e. The van der Waals surface area contributed by atoms with Gasteiger partial charge in [-0.05, 0) is 36.1 Å². The van der Waals surface area contributed by atoms with E-state index >= 15 is 0 Å². The molecule has 0 radical (unpaired) electrons. The lowest BCUT2D eigenvalue weighted by atomic mass is 9.98. The van der Waals surface area contributed by atoms with Crippen LogP contribution in [0.25, 0.3) is 10.8 Å². The monoisotopic (exact) mass is 226 g/mol. The van der Waals surface area contributed by atoms with Crippen LogP contribution in [0.3, 0.4) is 0 Å². The van der Waals surface area contributed by atoms with E-state index in [0.717, 1.165) is 28.6 Å². The van der Waals surface area contributed by atoms with Gasteiger partial charge in [0.1, 0.15) is 5.75 Å². The summed E-state index contributed by atoms with van der Waals surface area (Å²) in [4.78, 5) is 4.34. The molecule has 0 bridgehead atoms. The number of hydrogen-bond donors (Lipinski definition) is 0. The van der Waals surface area contributed by atoms with E-state index < -0.39 is 0 Å². The van der Waals surface area contributed by atoms with Crippen LogP contribution in [0.4, 0.5) is 0 Å². The lowest BCUT2D eigenvalue weighted by Gasteiger charge is -2.10. The molecule has 2 aromatic rings. The minimum absolute atomic E-state index is 0.146. The summed E-state index contributed by atoms with van der Waals surface area (Å²) in [6, 6.07) is 10.1. The molecule has 1 atom stereocenters. The van der Waals surface area contributed by atoms with Crippen molar-refractivity contribution in [3.63, 3.8) is 0 Å². The Morgan fingerprint density at radius 1 is 1.41 bits per heavy atom. The van der Waals surface area contributed by atoms with Crippen molar-refractivity contribution in [2.24, 2.45) is 0 Å². The fourth-order valence-corrected chi connectivity index (χ4v) is 1.93. The van der Waals surface area contributed by atoms with Crippen LogP contribution >= 0.6 is 0 Å². The van der Waals surface area contributed by atoms with Gasteiger partial charge in [0.15, 0.2) is 0 Å². The molecule has 0 aliphatic heterocycles. The van der Waals surface area contributed by atoms with E-state index in [9.17, 15) is 0 Å². The molecule has 0 aliphatic rings. The van der Waals surface area contributed by atoms with E-state index in [1.165, 1.54) is 0 Å². The van der Waals surface area contributed by atoms with Crippen molar-refractivity contribution in [3.05, 3.63) is 36.2 Å². The molecular formula is C14H14N2O. The Balaban J connectivity index is 2.62. The molecule has 3 nitrogen and oxygen atoms in total. The van der Waals surface area contributed by atoms with E-state index in [1.54, 1.807) is 13.3 Å². The number of aromatic nitrogens is 1. The van der Waals surface area contributed by atoms with Gasteiger partial charge in [-0.1, -0.05) is 6.92 Å². The number of ether oxygens (including phenoxy) is 1. The van der Waals surface area contributed by atoms with E-state index in [-0.39, 0.29) is 5.92 Å². The molecule has 1 aromatic heterocycles. The summed E-state index contributed by atoms with van der Waals surface area (Å²) >= 11 is 0. The molecular weight excluding hydrogens is 212 g/mol. The van der Waals surface area contributed by atoms with E-state index in [0.29, 0.717) is 0 Å². The molecule has 3 heteroatoms. The van der Waals surface area contributed by atoms with Crippen LogP contribution < -0.4 is 4.74 Å². The van der Waals surface area contributed by atoms with Crippen molar-refractivity contribution in [1.29, 1.82) is 5.26 Å². The highest BCUT2D eigenvalue weighted by Crippen LogP contribution is 2.27. The summed E-state index contributed by atoms with van der Waals surface area (Å²) in [5.74, 6) is 0.673. The van der Waals surface area contributed by atoms with Gasteiger partial charge in [0.2, 0.25) is 0 Å². The highest BCUT2D eigenvalue weighted by molar-refractivity contribution is 5.86. The molecule has 0 saturated heterocycles. The number of nitriles is 1. The predicted molar refractivity (Wildman–Crippen MR) is 66.9 cm³/mol. The molecule has 17 heavy (non-hydrogen) atoms. The third-order valence-corrected chi connectivity index (χ3v) is 2.90. The Morgan fingerprint density at radius 3 is 2.88 bits per heavy atom. The maximum absolute atomic E-state index is 9.12. The number of benzene rings is 1. The average molecular weight is 226 g/mol. The summed E-state index contributed by atoms with van der Waals surface area (Å²) in [6.07, 6.45) is 2.52. The molecule has 0 N–H and O–H groups in total. The second kappa shape index (κ2) is 4.84. The fraction of sp³-hybridized carbons (Fsp3) is 0.286. The molecule has 0 fully saturated rings. The number of fused-ring (bicyclic) bond motifs is 1. The number of pyridine rings is 1. The average Bonchev–Trinajstić information content (AvgIpc) is 2.39. The summed E-state index contributed by atoms with van der Waals surface area (Å²) < 4.78 is 5.19. The Hall–Kier alpha value is -2.08. The number of hydrogen-bond acceptors (Lipinski definition) is 3. The van der Waals surface area contributed by atoms with Crippen LogP contribution in [0, 0.1) is 11.3 Å². The zero-order valence-electron chi connectivity index (χ0n) is 9.97. The van der Waals surface area contributed by atoms with Crippen LogP contribution in [-0.2, 0) is 0 Å². The Labute approximate surface area is 101 Å². The van der Waals surface area contributed by atoms with Crippen LogP contribution in [0.1, 0.15) is 25.0 Å². The lowest BCUT2D eigenvalue weighted by Crippen LogP contribution is -1.98. The van der Waals surface area contributed by atoms with Gasteiger partial charge in [-0.25, -0.2) is 0 Å². The van der Waals surface area contributed by atoms with Crippen molar-refractivity contribution < 1.29 is 4.74 Å². The van der Waals surface area contributed by atoms with Gasteiger partial charge in [-0.2, -0.15) is 5.26 Å². The molecule has 1 heterocycles. The third-order valence-electron chi connectivity index (χ3n) is 2.90. The molecule has 0 saturated carbocycles. The van der Waals surface area contributed by atoms with Gasteiger partial charge < -0.3 is 4.74 Å². The minimum Gasteiger partial charge on any atom is -0.497 e. The maximum atomic E-state index is 9.12. The molecule has 1 unspecified atom stereocenters. The first-order chi connectivity index (χ1) is 8.30. The van der Waals surface area contributed by atoms with Gasteiger partial charge in [0, 0.05) is 11.6 Å². The van der Waals surface area contributed by atoms with Crippen LogP contribution in [0.15, 0.2) is 30.5 Å². The molecule has 0 spiro atoms. The van der Waals surface area contributed by atoms with Crippen LogP contribution in [0.2, 0.25) is 0 Å². The first-order valence-electron chi connectivity index (χ1n) is 5.62. The summed E-state index contributed by atoms with van der Waals surface area (Å²) in [5, 5.41) is 11.2. The standard InChI is InChI=1S/C14H14N2O/c1-3-10(9-15)14-13-5-4-12(17-2)8-11(13)6-7-16-14/h4-8,10H,3H2,1-2H3. The summed E-state index contributed by atoms with van der Waals surface area (Å²) in [6.45, 7) is 2.00. The zero-order valence-corrected chi connectivity index (χ0v) is 9.97. The molecule has 2 rings (SSSR count). The van der Waals surface area contributed by atoms with Crippen molar-refractivity contribution in [1.82, 2.24) is 4.98 Å². The van der Waals surface area contributed by atoms with Gasteiger partial charge >= 0.3 is 0 Å². The first kappa shape index (κ1) is 11.4. The van der Waals surface area contributed by atoms with E-state index in [4.69, 9.17) is 10.00 Å². The first-order valence-corrected chi connectivity index (χ1v) is 5.62. The summed E-state index contributed by atoms with van der Waals surface area (Å²) in [7, 11) is 1.65. The Bertz CT molecular complexity index is 572. The van der Waals surface area contributed by atoms with E-state index in [2.05, 4.69) is 11.1 Å². The summed E-state index contributed by atoms with van der Waals surface area (Å²) in [5.41, 5.74) is 0.857. The Kier molecular flexibility index (Phi) is 3.24. The van der Waals surface area contributed by atoms with Gasteiger partial charge in [0.25, 0.3) is 0 Å². The van der Waals surface area contributed by atoms with Crippen LogP contribution in [0.5, 0.6) is 5.75 Å².